The Bertz CT molecular complexity index is 720. The summed E-state index contributed by atoms with van der Waals surface area (Å²) in [4.78, 5) is 18.5. The van der Waals surface area contributed by atoms with Crippen LogP contribution < -0.4 is 14.8 Å². The summed E-state index contributed by atoms with van der Waals surface area (Å²) in [7, 11) is 1.58. The summed E-state index contributed by atoms with van der Waals surface area (Å²) in [5.74, 6) is 1.24. The Hall–Kier alpha value is -2.76. The highest BCUT2D eigenvalue weighted by Crippen LogP contribution is 2.24. The number of pyridine rings is 1. The van der Waals surface area contributed by atoms with Crippen LogP contribution in [0.4, 0.5) is 10.5 Å². The van der Waals surface area contributed by atoms with E-state index in [-0.39, 0.29) is 12.1 Å². The summed E-state index contributed by atoms with van der Waals surface area (Å²) in [6.07, 6.45) is 0.748. The number of anilines is 1. The van der Waals surface area contributed by atoms with Gasteiger partial charge in [-0.25, -0.2) is 9.78 Å². The second-order valence-corrected chi connectivity index (χ2v) is 5.72. The van der Waals surface area contributed by atoms with Crippen LogP contribution in [-0.4, -0.2) is 42.2 Å². The number of carbonyl (C=O) groups excluding carboxylic acids is 1. The molecule has 126 valence electrons. The van der Waals surface area contributed by atoms with E-state index in [0.717, 1.165) is 12.1 Å². The summed E-state index contributed by atoms with van der Waals surface area (Å²) in [6.45, 7) is 3.11. The van der Waals surface area contributed by atoms with Gasteiger partial charge in [0.15, 0.2) is 0 Å². The Morgan fingerprint density at radius 3 is 2.88 bits per heavy atom. The van der Waals surface area contributed by atoms with Crippen molar-refractivity contribution < 1.29 is 14.3 Å². The number of para-hydroxylation sites is 2. The Morgan fingerprint density at radius 2 is 2.08 bits per heavy atom. The van der Waals surface area contributed by atoms with Crippen LogP contribution in [0, 0.1) is 6.92 Å². The van der Waals surface area contributed by atoms with E-state index in [1.165, 1.54) is 0 Å². The van der Waals surface area contributed by atoms with Gasteiger partial charge in [-0.15, -0.1) is 0 Å². The summed E-state index contributed by atoms with van der Waals surface area (Å²) in [5, 5.41) is 2.89. The second-order valence-electron chi connectivity index (χ2n) is 5.72. The summed E-state index contributed by atoms with van der Waals surface area (Å²) in [5.41, 5.74) is 1.57. The Kier molecular flexibility index (Phi) is 4.84. The van der Waals surface area contributed by atoms with Crippen LogP contribution in [0.1, 0.15) is 12.1 Å². The molecule has 1 aromatic carbocycles. The maximum Gasteiger partial charge on any atom is 0.322 e. The minimum Gasteiger partial charge on any atom is -0.495 e. The normalized spacial score (nSPS) is 16.8. The van der Waals surface area contributed by atoms with Crippen LogP contribution in [-0.2, 0) is 0 Å². The van der Waals surface area contributed by atoms with E-state index in [0.29, 0.717) is 30.4 Å². The Labute approximate surface area is 141 Å². The SMILES string of the molecule is COc1ccccc1NC(=O)N1CCC(Oc2cccc(C)n2)C1. The number of nitrogens with zero attached hydrogens (tertiary/aromatic N) is 2. The molecule has 6 heteroatoms. The first kappa shape index (κ1) is 16.1. The lowest BCUT2D eigenvalue weighted by molar-refractivity contribution is 0.189. The number of aryl methyl sites for hydroxylation is 1. The minimum absolute atomic E-state index is 0.0391. The molecule has 1 atom stereocenters. The fourth-order valence-electron chi connectivity index (χ4n) is 2.71. The zero-order valence-corrected chi connectivity index (χ0v) is 13.9. The van der Waals surface area contributed by atoms with Crippen molar-refractivity contribution in [1.29, 1.82) is 0 Å². The molecule has 2 aromatic rings. The van der Waals surface area contributed by atoms with Crippen molar-refractivity contribution in [2.75, 3.05) is 25.5 Å². The first-order valence-electron chi connectivity index (χ1n) is 7.95. The van der Waals surface area contributed by atoms with E-state index >= 15 is 0 Å². The average Bonchev–Trinajstić information content (AvgIpc) is 3.04. The molecule has 2 heterocycles. The topological polar surface area (TPSA) is 63.7 Å². The minimum atomic E-state index is -0.150. The van der Waals surface area contributed by atoms with Gasteiger partial charge in [-0.05, 0) is 25.1 Å². The van der Waals surface area contributed by atoms with Gasteiger partial charge in [0.25, 0.3) is 0 Å². The number of hydrogen-bond acceptors (Lipinski definition) is 4. The number of urea groups is 1. The molecule has 0 radical (unpaired) electrons. The van der Waals surface area contributed by atoms with Gasteiger partial charge < -0.3 is 19.7 Å². The number of benzene rings is 1. The predicted octanol–water partition coefficient (Wildman–Crippen LogP) is 3.08. The number of nitrogens with one attached hydrogen (secondary N) is 1. The van der Waals surface area contributed by atoms with Gasteiger partial charge in [-0.2, -0.15) is 0 Å². The van der Waals surface area contributed by atoms with Crippen LogP contribution in [0.5, 0.6) is 11.6 Å². The van der Waals surface area contributed by atoms with Crippen LogP contribution in [0.15, 0.2) is 42.5 Å². The van der Waals surface area contributed by atoms with Crippen molar-refractivity contribution in [3.63, 3.8) is 0 Å². The molecular formula is C18H21N3O3. The molecule has 1 aromatic heterocycles. The molecule has 1 aliphatic rings. The molecule has 1 aliphatic heterocycles. The molecule has 0 spiro atoms. The molecule has 2 amide bonds. The lowest BCUT2D eigenvalue weighted by Gasteiger charge is -2.18. The summed E-state index contributed by atoms with van der Waals surface area (Å²) < 4.78 is 11.1. The lowest BCUT2D eigenvalue weighted by Crippen LogP contribution is -2.34. The molecule has 1 unspecified atom stereocenters. The predicted molar refractivity (Wildman–Crippen MR) is 91.6 cm³/mol. The zero-order valence-electron chi connectivity index (χ0n) is 13.9. The quantitative estimate of drug-likeness (QED) is 0.937. The molecule has 0 saturated carbocycles. The second kappa shape index (κ2) is 7.21. The monoisotopic (exact) mass is 327 g/mol. The average molecular weight is 327 g/mol. The highest BCUT2D eigenvalue weighted by Gasteiger charge is 2.28. The Balaban J connectivity index is 1.58. The number of methoxy groups -OCH3 is 1. The third kappa shape index (κ3) is 3.76. The molecule has 3 rings (SSSR count). The van der Waals surface area contributed by atoms with E-state index in [1.807, 2.05) is 49.4 Å². The first-order chi connectivity index (χ1) is 11.7. The molecule has 6 nitrogen and oxygen atoms in total. The zero-order chi connectivity index (χ0) is 16.9. The maximum absolute atomic E-state index is 12.4. The Morgan fingerprint density at radius 1 is 1.25 bits per heavy atom. The number of amides is 2. The number of aromatic nitrogens is 1. The first-order valence-corrected chi connectivity index (χ1v) is 7.95. The molecule has 1 N–H and O–H groups in total. The van der Waals surface area contributed by atoms with Gasteiger partial charge in [0, 0.05) is 24.7 Å². The molecule has 0 bridgehead atoms. The maximum atomic E-state index is 12.4. The van der Waals surface area contributed by atoms with Crippen molar-refractivity contribution in [1.82, 2.24) is 9.88 Å². The molecular weight excluding hydrogens is 306 g/mol. The molecule has 1 fully saturated rings. The van der Waals surface area contributed by atoms with Crippen molar-refractivity contribution in [3.8, 4) is 11.6 Å². The number of hydrogen-bond donors (Lipinski definition) is 1. The highest BCUT2D eigenvalue weighted by molar-refractivity contribution is 5.91. The molecule has 24 heavy (non-hydrogen) atoms. The number of rotatable bonds is 4. The van der Waals surface area contributed by atoms with Gasteiger partial charge in [-0.3, -0.25) is 0 Å². The van der Waals surface area contributed by atoms with Crippen LogP contribution in [0.25, 0.3) is 0 Å². The molecule has 0 aliphatic carbocycles. The lowest BCUT2D eigenvalue weighted by atomic mass is 10.3. The largest absolute Gasteiger partial charge is 0.495 e. The van der Waals surface area contributed by atoms with E-state index in [9.17, 15) is 4.79 Å². The number of ether oxygens (including phenoxy) is 2. The third-order valence-corrected chi connectivity index (χ3v) is 3.93. The summed E-state index contributed by atoms with van der Waals surface area (Å²) >= 11 is 0. The van der Waals surface area contributed by atoms with Crippen molar-refractivity contribution in [2.24, 2.45) is 0 Å². The van der Waals surface area contributed by atoms with Crippen molar-refractivity contribution >= 4 is 11.7 Å². The standard InChI is InChI=1S/C18H21N3O3/c1-13-6-5-9-17(19-13)24-14-10-11-21(12-14)18(22)20-15-7-3-4-8-16(15)23-2/h3-9,14H,10-12H2,1-2H3,(H,20,22). The van der Waals surface area contributed by atoms with Gasteiger partial charge in [-0.1, -0.05) is 18.2 Å². The van der Waals surface area contributed by atoms with Gasteiger partial charge in [0.2, 0.25) is 5.88 Å². The van der Waals surface area contributed by atoms with Crippen molar-refractivity contribution in [2.45, 2.75) is 19.4 Å². The van der Waals surface area contributed by atoms with E-state index < -0.39 is 0 Å². The fraction of sp³-hybridized carbons (Fsp3) is 0.333. The van der Waals surface area contributed by atoms with E-state index in [2.05, 4.69) is 10.3 Å². The summed E-state index contributed by atoms with van der Waals surface area (Å²) in [6, 6.07) is 12.9. The van der Waals surface area contributed by atoms with E-state index in [4.69, 9.17) is 9.47 Å². The smallest absolute Gasteiger partial charge is 0.322 e. The van der Waals surface area contributed by atoms with Gasteiger partial charge in [0.05, 0.1) is 19.3 Å². The van der Waals surface area contributed by atoms with Crippen LogP contribution in [0.3, 0.4) is 0 Å². The molecule has 1 saturated heterocycles. The van der Waals surface area contributed by atoms with Gasteiger partial charge >= 0.3 is 6.03 Å². The number of likely N-dealkylation sites (tertiary alicyclic amines) is 1. The van der Waals surface area contributed by atoms with Crippen molar-refractivity contribution in [3.05, 3.63) is 48.2 Å². The van der Waals surface area contributed by atoms with Crippen LogP contribution in [0.2, 0.25) is 0 Å². The van der Waals surface area contributed by atoms with E-state index in [1.54, 1.807) is 12.0 Å². The van der Waals surface area contributed by atoms with Crippen LogP contribution >= 0.6 is 0 Å². The fourth-order valence-corrected chi connectivity index (χ4v) is 2.71. The van der Waals surface area contributed by atoms with Gasteiger partial charge in [0.1, 0.15) is 11.9 Å². The highest BCUT2D eigenvalue weighted by atomic mass is 16.5. The third-order valence-electron chi connectivity index (χ3n) is 3.93. The number of carbonyl (C=O) groups is 1.